The Labute approximate surface area is 227 Å². The predicted molar refractivity (Wildman–Crippen MR) is 138 cm³/mol. The molecule has 1 aliphatic rings. The summed E-state index contributed by atoms with van der Waals surface area (Å²) in [6.45, 7) is -0.483. The first-order valence-corrected chi connectivity index (χ1v) is 11.9. The third kappa shape index (κ3) is 6.39. The molecule has 1 saturated heterocycles. The molecule has 1 atom stereocenters. The van der Waals surface area contributed by atoms with Crippen LogP contribution in [0.1, 0.15) is 27.1 Å². The maximum Gasteiger partial charge on any atom is 0.343 e. The highest BCUT2D eigenvalue weighted by Crippen LogP contribution is 2.35. The molecule has 200 valence electrons. The maximum atomic E-state index is 12.6. The van der Waals surface area contributed by atoms with E-state index in [1.807, 2.05) is 0 Å². The van der Waals surface area contributed by atoms with Gasteiger partial charge in [0.1, 0.15) is 11.5 Å². The van der Waals surface area contributed by atoms with Gasteiger partial charge in [-0.15, -0.1) is 0 Å². The fraction of sp³-hybridized carbons (Fsp3) is 0.185. The molecule has 0 aromatic heterocycles. The van der Waals surface area contributed by atoms with Crippen LogP contribution in [0.4, 0.5) is 11.4 Å². The van der Waals surface area contributed by atoms with Gasteiger partial charge in [-0.1, -0.05) is 11.6 Å². The number of carbonyl (C=O) groups is 4. The number of esters is 2. The summed E-state index contributed by atoms with van der Waals surface area (Å²) < 4.78 is 15.7. The zero-order chi connectivity index (χ0) is 28.1. The molecule has 0 saturated carbocycles. The Bertz CT molecular complexity index is 1440. The first-order chi connectivity index (χ1) is 18.7. The number of hydrogen-bond donors (Lipinski definition) is 0. The number of anilines is 1. The number of amides is 1. The largest absolute Gasteiger partial charge is 0.495 e. The number of rotatable bonds is 9. The van der Waals surface area contributed by atoms with E-state index in [0.717, 1.165) is 0 Å². The van der Waals surface area contributed by atoms with Crippen molar-refractivity contribution in [2.75, 3.05) is 25.2 Å². The summed E-state index contributed by atoms with van der Waals surface area (Å²) in [5.41, 5.74) is 0.611. The third-order valence-corrected chi connectivity index (χ3v) is 6.17. The highest BCUT2D eigenvalue weighted by atomic mass is 35.5. The molecule has 1 heterocycles. The Morgan fingerprint density at radius 3 is 2.33 bits per heavy atom. The lowest BCUT2D eigenvalue weighted by molar-refractivity contribution is -0.384. The van der Waals surface area contributed by atoms with Crippen molar-refractivity contribution in [1.29, 1.82) is 0 Å². The summed E-state index contributed by atoms with van der Waals surface area (Å²) in [7, 11) is 1.46. The zero-order valence-corrected chi connectivity index (χ0v) is 21.3. The molecule has 0 N–H and O–H groups in total. The standard InChI is InChI=1S/C27H21ClN2O9/c1-37-24-11-6-19(28)13-22(24)29-14-18(12-25(29)32)26(33)38-15-23(31)16-4-9-21(10-5-16)39-27(34)17-2-7-20(8-3-17)30(35)36/h2-11,13,18H,12,14-15H2,1H3. The topological polar surface area (TPSA) is 142 Å². The maximum absolute atomic E-state index is 12.6. The van der Waals surface area contributed by atoms with Gasteiger partial charge in [-0.3, -0.25) is 24.5 Å². The molecule has 1 amide bonds. The second kappa shape index (κ2) is 11.7. The van der Waals surface area contributed by atoms with Crippen LogP contribution in [-0.2, 0) is 14.3 Å². The molecule has 1 aliphatic heterocycles. The Balaban J connectivity index is 1.30. The van der Waals surface area contributed by atoms with Gasteiger partial charge >= 0.3 is 11.9 Å². The molecule has 1 fully saturated rings. The summed E-state index contributed by atoms with van der Waals surface area (Å²) in [6, 6.07) is 15.3. The number of nitrogens with zero attached hydrogens (tertiary/aromatic N) is 2. The Hall–Kier alpha value is -4.77. The summed E-state index contributed by atoms with van der Waals surface area (Å²) in [6.07, 6.45) is -0.0858. The molecule has 11 nitrogen and oxygen atoms in total. The van der Waals surface area contributed by atoms with Gasteiger partial charge in [0, 0.05) is 35.7 Å². The van der Waals surface area contributed by atoms with Gasteiger partial charge in [0.2, 0.25) is 5.91 Å². The molecular formula is C27H21ClN2O9. The quantitative estimate of drug-likeness (QED) is 0.125. The van der Waals surface area contributed by atoms with Crippen molar-refractivity contribution >= 4 is 46.6 Å². The minimum Gasteiger partial charge on any atom is -0.495 e. The average molecular weight is 553 g/mol. The van der Waals surface area contributed by atoms with Gasteiger partial charge in [0.05, 0.1) is 29.2 Å². The second-order valence-corrected chi connectivity index (χ2v) is 8.91. The van der Waals surface area contributed by atoms with Crippen molar-refractivity contribution in [3.05, 3.63) is 93.0 Å². The molecule has 1 unspecified atom stereocenters. The number of carbonyl (C=O) groups excluding carboxylic acids is 4. The van der Waals surface area contributed by atoms with Gasteiger partial charge in [0.25, 0.3) is 5.69 Å². The van der Waals surface area contributed by atoms with Crippen LogP contribution < -0.4 is 14.4 Å². The molecule has 3 aromatic rings. The van der Waals surface area contributed by atoms with E-state index in [1.54, 1.807) is 18.2 Å². The van der Waals surface area contributed by atoms with Crippen molar-refractivity contribution in [3.63, 3.8) is 0 Å². The number of benzene rings is 3. The van der Waals surface area contributed by atoms with Gasteiger partial charge in [-0.05, 0) is 54.6 Å². The number of hydrogen-bond acceptors (Lipinski definition) is 9. The minimum absolute atomic E-state index is 0.0530. The van der Waals surface area contributed by atoms with Crippen LogP contribution in [0.2, 0.25) is 5.02 Å². The van der Waals surface area contributed by atoms with Crippen molar-refractivity contribution in [1.82, 2.24) is 0 Å². The molecule has 39 heavy (non-hydrogen) atoms. The number of Topliss-reactive ketones (excluding diaryl/α,β-unsaturated/α-hetero) is 1. The first-order valence-electron chi connectivity index (χ1n) is 11.6. The van der Waals surface area contributed by atoms with Crippen LogP contribution in [0.3, 0.4) is 0 Å². The van der Waals surface area contributed by atoms with E-state index in [2.05, 4.69) is 0 Å². The fourth-order valence-corrected chi connectivity index (χ4v) is 4.07. The number of non-ortho nitro benzene ring substituents is 1. The van der Waals surface area contributed by atoms with E-state index in [1.165, 1.54) is 60.5 Å². The van der Waals surface area contributed by atoms with Crippen molar-refractivity contribution < 1.29 is 38.3 Å². The number of nitro benzene ring substituents is 1. The zero-order valence-electron chi connectivity index (χ0n) is 20.5. The Kier molecular flexibility index (Phi) is 8.21. The van der Waals surface area contributed by atoms with Gasteiger partial charge < -0.3 is 19.1 Å². The van der Waals surface area contributed by atoms with E-state index < -0.39 is 35.2 Å². The van der Waals surface area contributed by atoms with Crippen LogP contribution in [0, 0.1) is 16.0 Å². The van der Waals surface area contributed by atoms with E-state index in [-0.39, 0.29) is 41.4 Å². The Morgan fingerprint density at radius 1 is 1.03 bits per heavy atom. The highest BCUT2D eigenvalue weighted by molar-refractivity contribution is 6.31. The molecule has 0 radical (unpaired) electrons. The first kappa shape index (κ1) is 27.3. The monoisotopic (exact) mass is 552 g/mol. The molecule has 0 bridgehead atoms. The van der Waals surface area contributed by atoms with Gasteiger partial charge in [-0.2, -0.15) is 0 Å². The van der Waals surface area contributed by atoms with Crippen LogP contribution in [-0.4, -0.2) is 48.8 Å². The highest BCUT2D eigenvalue weighted by Gasteiger charge is 2.37. The lowest BCUT2D eigenvalue weighted by atomic mass is 10.1. The molecule has 4 rings (SSSR count). The third-order valence-electron chi connectivity index (χ3n) is 5.94. The summed E-state index contributed by atoms with van der Waals surface area (Å²) in [5.74, 6) is -2.40. The summed E-state index contributed by atoms with van der Waals surface area (Å²) in [5, 5.41) is 11.1. The van der Waals surface area contributed by atoms with Gasteiger partial charge in [0.15, 0.2) is 12.4 Å². The van der Waals surface area contributed by atoms with Crippen LogP contribution in [0.25, 0.3) is 0 Å². The number of methoxy groups -OCH3 is 1. The van der Waals surface area contributed by atoms with Gasteiger partial charge in [-0.25, -0.2) is 4.79 Å². The number of ether oxygens (including phenoxy) is 3. The van der Waals surface area contributed by atoms with E-state index >= 15 is 0 Å². The minimum atomic E-state index is -0.768. The fourth-order valence-electron chi connectivity index (χ4n) is 3.90. The number of ketones is 1. The summed E-state index contributed by atoms with van der Waals surface area (Å²) >= 11 is 6.05. The lowest BCUT2D eigenvalue weighted by Crippen LogP contribution is -2.27. The number of nitro groups is 1. The molecular weight excluding hydrogens is 532 g/mol. The van der Waals surface area contributed by atoms with Crippen molar-refractivity contribution in [2.45, 2.75) is 6.42 Å². The molecule has 3 aromatic carbocycles. The predicted octanol–water partition coefficient (Wildman–Crippen LogP) is 4.26. The van der Waals surface area contributed by atoms with E-state index in [0.29, 0.717) is 16.5 Å². The molecule has 0 spiro atoms. The van der Waals surface area contributed by atoms with Crippen molar-refractivity contribution in [2.24, 2.45) is 5.92 Å². The van der Waals surface area contributed by atoms with Crippen LogP contribution in [0.15, 0.2) is 66.7 Å². The molecule has 0 aliphatic carbocycles. The van der Waals surface area contributed by atoms with Crippen LogP contribution in [0.5, 0.6) is 11.5 Å². The summed E-state index contributed by atoms with van der Waals surface area (Å²) in [4.78, 5) is 61.5. The van der Waals surface area contributed by atoms with Crippen LogP contribution >= 0.6 is 11.6 Å². The normalized spacial score (nSPS) is 14.6. The lowest BCUT2D eigenvalue weighted by Gasteiger charge is -2.19. The van der Waals surface area contributed by atoms with E-state index in [9.17, 15) is 29.3 Å². The Morgan fingerprint density at radius 2 is 1.69 bits per heavy atom. The average Bonchev–Trinajstić information content (AvgIpc) is 3.33. The SMILES string of the molecule is COc1ccc(Cl)cc1N1CC(C(=O)OCC(=O)c2ccc(OC(=O)c3ccc([N+](=O)[O-])cc3)cc2)CC1=O. The molecule has 12 heteroatoms. The van der Waals surface area contributed by atoms with E-state index in [4.69, 9.17) is 25.8 Å². The van der Waals surface area contributed by atoms with Crippen molar-refractivity contribution in [3.8, 4) is 11.5 Å². The second-order valence-electron chi connectivity index (χ2n) is 8.47. The smallest absolute Gasteiger partial charge is 0.343 e. The number of halogens is 1.